The van der Waals surface area contributed by atoms with Crippen LogP contribution in [0.5, 0.6) is 0 Å². The number of H-pyrrole nitrogens is 1. The number of nitrogens with one attached hydrogen (secondary N) is 1. The van der Waals surface area contributed by atoms with Crippen molar-refractivity contribution in [2.75, 3.05) is 20.7 Å². The topological polar surface area (TPSA) is 62.4 Å². The number of ether oxygens (including phenoxy) is 1. The molecule has 0 spiro atoms. The van der Waals surface area contributed by atoms with Gasteiger partial charge in [0.1, 0.15) is 10.8 Å². The monoisotopic (exact) mass is 292 g/mol. The summed E-state index contributed by atoms with van der Waals surface area (Å²) in [6.45, 7) is 0.447. The summed E-state index contributed by atoms with van der Waals surface area (Å²) in [5, 5.41) is 0.547. The van der Waals surface area contributed by atoms with E-state index in [0.29, 0.717) is 23.7 Å². The Morgan fingerprint density at radius 3 is 2.61 bits per heavy atom. The van der Waals surface area contributed by atoms with Gasteiger partial charge in [0, 0.05) is 20.0 Å². The largest absolute Gasteiger partial charge is 0.469 e. The number of aromatic nitrogens is 1. The van der Waals surface area contributed by atoms with Gasteiger partial charge in [-0.05, 0) is 12.5 Å². The van der Waals surface area contributed by atoms with E-state index < -0.39 is 0 Å². The van der Waals surface area contributed by atoms with Crippen LogP contribution in [-0.4, -0.2) is 42.5 Å². The summed E-state index contributed by atoms with van der Waals surface area (Å²) in [4.78, 5) is 27.0. The van der Waals surface area contributed by atoms with Crippen molar-refractivity contribution in [1.29, 1.82) is 0 Å². The predicted octanol–water partition coefficient (Wildman–Crippen LogP) is 2.35. The second kappa shape index (κ2) is 6.66. The molecule has 0 atom stereocenters. The number of hydrogen-bond donors (Lipinski definition) is 1. The zero-order chi connectivity index (χ0) is 13.7. The van der Waals surface area contributed by atoms with Crippen LogP contribution < -0.4 is 0 Å². The van der Waals surface area contributed by atoms with Gasteiger partial charge < -0.3 is 14.6 Å². The number of halogens is 2. The fourth-order valence-corrected chi connectivity index (χ4v) is 1.70. The molecule has 1 aromatic rings. The van der Waals surface area contributed by atoms with E-state index in [0.717, 1.165) is 0 Å². The summed E-state index contributed by atoms with van der Waals surface area (Å²) in [5.41, 5.74) is 0.325. The third kappa shape index (κ3) is 3.92. The number of aromatic amines is 1. The quantitative estimate of drug-likeness (QED) is 0.848. The van der Waals surface area contributed by atoms with E-state index in [9.17, 15) is 9.59 Å². The third-order valence-electron chi connectivity index (χ3n) is 2.40. The van der Waals surface area contributed by atoms with Gasteiger partial charge in [-0.1, -0.05) is 23.2 Å². The minimum absolute atomic E-state index is 0.228. The van der Waals surface area contributed by atoms with Crippen molar-refractivity contribution in [2.45, 2.75) is 12.8 Å². The molecule has 0 aliphatic heterocycles. The molecule has 0 bridgehead atoms. The van der Waals surface area contributed by atoms with Crippen LogP contribution in [0.1, 0.15) is 23.3 Å². The highest BCUT2D eigenvalue weighted by molar-refractivity contribution is 6.41. The molecule has 0 radical (unpaired) electrons. The molecule has 1 heterocycles. The van der Waals surface area contributed by atoms with Crippen molar-refractivity contribution >= 4 is 35.1 Å². The summed E-state index contributed by atoms with van der Waals surface area (Å²) in [7, 11) is 2.97. The lowest BCUT2D eigenvalue weighted by Crippen LogP contribution is -2.28. The van der Waals surface area contributed by atoms with E-state index in [1.807, 2.05) is 0 Å². The van der Waals surface area contributed by atoms with Crippen LogP contribution in [0.4, 0.5) is 0 Å². The van der Waals surface area contributed by atoms with Crippen molar-refractivity contribution in [3.8, 4) is 0 Å². The molecule has 1 N–H and O–H groups in total. The SMILES string of the molecule is COC(=O)CCCN(C)C(=O)c1cc(Cl)c(Cl)[nH]1. The minimum atomic E-state index is -0.290. The average molecular weight is 293 g/mol. The first kappa shape index (κ1) is 14.9. The molecule has 1 rings (SSSR count). The molecule has 1 amide bonds. The molecule has 18 heavy (non-hydrogen) atoms. The molecule has 0 aliphatic rings. The second-order valence-electron chi connectivity index (χ2n) is 3.75. The molecule has 5 nitrogen and oxygen atoms in total. The van der Waals surface area contributed by atoms with Gasteiger partial charge in [0.2, 0.25) is 0 Å². The van der Waals surface area contributed by atoms with Gasteiger partial charge in [-0.15, -0.1) is 0 Å². The van der Waals surface area contributed by atoms with Crippen molar-refractivity contribution < 1.29 is 14.3 Å². The molecular weight excluding hydrogens is 279 g/mol. The Balaban J connectivity index is 2.49. The Morgan fingerprint density at radius 1 is 1.44 bits per heavy atom. The zero-order valence-electron chi connectivity index (χ0n) is 10.1. The molecule has 0 fully saturated rings. The Kier molecular flexibility index (Phi) is 5.50. The van der Waals surface area contributed by atoms with Crippen molar-refractivity contribution in [3.05, 3.63) is 21.9 Å². The van der Waals surface area contributed by atoms with Gasteiger partial charge in [-0.2, -0.15) is 0 Å². The van der Waals surface area contributed by atoms with E-state index in [4.69, 9.17) is 23.2 Å². The Hall–Kier alpha value is -1.20. The zero-order valence-corrected chi connectivity index (χ0v) is 11.6. The second-order valence-corrected chi connectivity index (χ2v) is 4.54. The lowest BCUT2D eigenvalue weighted by Gasteiger charge is -2.15. The number of carbonyl (C=O) groups excluding carboxylic acids is 2. The first-order chi connectivity index (χ1) is 8.45. The summed E-state index contributed by atoms with van der Waals surface area (Å²) >= 11 is 11.5. The highest BCUT2D eigenvalue weighted by atomic mass is 35.5. The van der Waals surface area contributed by atoms with Crippen LogP contribution >= 0.6 is 23.2 Å². The van der Waals surface area contributed by atoms with E-state index in [1.165, 1.54) is 18.1 Å². The third-order valence-corrected chi connectivity index (χ3v) is 3.10. The maximum Gasteiger partial charge on any atom is 0.305 e. The van der Waals surface area contributed by atoms with Gasteiger partial charge in [0.05, 0.1) is 12.1 Å². The Morgan fingerprint density at radius 2 is 2.11 bits per heavy atom. The fraction of sp³-hybridized carbons (Fsp3) is 0.455. The van der Waals surface area contributed by atoms with Crippen molar-refractivity contribution in [3.63, 3.8) is 0 Å². The summed E-state index contributed by atoms with van der Waals surface area (Å²) in [6.07, 6.45) is 0.817. The van der Waals surface area contributed by atoms with Crippen LogP contribution in [0.3, 0.4) is 0 Å². The number of nitrogens with zero attached hydrogens (tertiary/aromatic N) is 1. The molecule has 0 saturated heterocycles. The highest BCUT2D eigenvalue weighted by Gasteiger charge is 2.15. The number of methoxy groups -OCH3 is 1. The first-order valence-corrected chi connectivity index (χ1v) is 6.07. The van der Waals surface area contributed by atoms with E-state index in [1.54, 1.807) is 7.05 Å². The molecular formula is C11H14Cl2N2O3. The number of hydrogen-bond acceptors (Lipinski definition) is 3. The van der Waals surface area contributed by atoms with E-state index in [-0.39, 0.29) is 23.5 Å². The maximum absolute atomic E-state index is 11.9. The molecule has 7 heteroatoms. The highest BCUT2D eigenvalue weighted by Crippen LogP contribution is 2.22. The molecule has 0 aliphatic carbocycles. The van der Waals surface area contributed by atoms with Crippen LogP contribution in [0, 0.1) is 0 Å². The lowest BCUT2D eigenvalue weighted by molar-refractivity contribution is -0.140. The van der Waals surface area contributed by atoms with Gasteiger partial charge in [-0.25, -0.2) is 0 Å². The minimum Gasteiger partial charge on any atom is -0.469 e. The van der Waals surface area contributed by atoms with Gasteiger partial charge >= 0.3 is 5.97 Å². The van der Waals surface area contributed by atoms with E-state index >= 15 is 0 Å². The van der Waals surface area contributed by atoms with Crippen molar-refractivity contribution in [2.24, 2.45) is 0 Å². The molecule has 0 unspecified atom stereocenters. The van der Waals surface area contributed by atoms with E-state index in [2.05, 4.69) is 9.72 Å². The van der Waals surface area contributed by atoms with Crippen LogP contribution in [0.2, 0.25) is 10.2 Å². The summed E-state index contributed by atoms with van der Waals surface area (Å²) in [6, 6.07) is 1.48. The van der Waals surface area contributed by atoms with Crippen LogP contribution in [-0.2, 0) is 9.53 Å². The summed E-state index contributed by atoms with van der Waals surface area (Å²) < 4.78 is 4.51. The molecule has 0 aromatic carbocycles. The smallest absolute Gasteiger partial charge is 0.305 e. The number of amides is 1. The lowest BCUT2D eigenvalue weighted by atomic mass is 10.3. The molecule has 0 saturated carbocycles. The van der Waals surface area contributed by atoms with Crippen LogP contribution in [0.25, 0.3) is 0 Å². The van der Waals surface area contributed by atoms with Gasteiger partial charge in [0.25, 0.3) is 5.91 Å². The Labute approximate surface area is 115 Å². The van der Waals surface area contributed by atoms with Crippen molar-refractivity contribution in [1.82, 2.24) is 9.88 Å². The number of esters is 1. The number of rotatable bonds is 5. The fourth-order valence-electron chi connectivity index (χ4n) is 1.39. The average Bonchev–Trinajstić information content (AvgIpc) is 2.68. The predicted molar refractivity (Wildman–Crippen MR) is 69.0 cm³/mol. The Bertz CT molecular complexity index is 426. The standard InChI is InChI=1S/C11H14Cl2N2O3/c1-15(5-3-4-9(16)18-2)11(17)8-6-7(12)10(13)14-8/h6,14H,3-5H2,1-2H3. The van der Waals surface area contributed by atoms with Crippen LogP contribution in [0.15, 0.2) is 6.07 Å². The molecule has 100 valence electrons. The van der Waals surface area contributed by atoms with Gasteiger partial charge in [-0.3, -0.25) is 9.59 Å². The number of carbonyl (C=O) groups is 2. The normalized spacial score (nSPS) is 10.2. The maximum atomic E-state index is 11.9. The summed E-state index contributed by atoms with van der Waals surface area (Å²) in [5.74, 6) is -0.518. The van der Waals surface area contributed by atoms with Gasteiger partial charge in [0.15, 0.2) is 0 Å². The first-order valence-electron chi connectivity index (χ1n) is 5.32. The molecule has 1 aromatic heterocycles.